The highest BCUT2D eigenvalue weighted by Gasteiger charge is 2.31. The molecule has 188 valence electrons. The molecule has 3 aromatic rings. The number of amides is 2. The van der Waals surface area contributed by atoms with Crippen molar-refractivity contribution in [3.05, 3.63) is 95.8 Å². The Morgan fingerprint density at radius 3 is 2.14 bits per heavy atom. The summed E-state index contributed by atoms with van der Waals surface area (Å²) >= 11 is 0. The molecule has 9 heteroatoms. The molecule has 1 aliphatic heterocycles. The zero-order valence-corrected chi connectivity index (χ0v) is 20.7. The quantitative estimate of drug-likeness (QED) is 0.529. The summed E-state index contributed by atoms with van der Waals surface area (Å²) in [6.45, 7) is 1.41. The molecule has 0 spiro atoms. The Balaban J connectivity index is 1.48. The number of anilines is 1. The van der Waals surface area contributed by atoms with Crippen LogP contribution in [0.2, 0.25) is 0 Å². The van der Waals surface area contributed by atoms with Crippen LogP contribution in [-0.4, -0.2) is 57.6 Å². The summed E-state index contributed by atoms with van der Waals surface area (Å²) in [5, 5.41) is 2.89. The predicted octanol–water partition coefficient (Wildman–Crippen LogP) is 2.98. The van der Waals surface area contributed by atoms with Gasteiger partial charge in [-0.25, -0.2) is 12.8 Å². The molecule has 0 radical (unpaired) electrons. The average Bonchev–Trinajstić information content (AvgIpc) is 2.87. The molecule has 3 aromatic carbocycles. The maximum absolute atomic E-state index is 13.7. The zero-order chi connectivity index (χ0) is 25.7. The molecule has 1 saturated heterocycles. The first-order valence-corrected chi connectivity index (χ1v) is 13.5. The van der Waals surface area contributed by atoms with E-state index >= 15 is 0 Å². The van der Waals surface area contributed by atoms with Crippen LogP contribution in [0.1, 0.15) is 17.2 Å². The van der Waals surface area contributed by atoms with Gasteiger partial charge in [0.2, 0.25) is 11.8 Å². The van der Waals surface area contributed by atoms with E-state index in [0.717, 1.165) is 17.9 Å². The van der Waals surface area contributed by atoms with E-state index in [0.29, 0.717) is 37.4 Å². The molecule has 0 aliphatic carbocycles. The summed E-state index contributed by atoms with van der Waals surface area (Å²) in [6, 6.07) is 21.3. The Hall–Kier alpha value is -3.72. The third-order valence-electron chi connectivity index (χ3n) is 6.15. The van der Waals surface area contributed by atoms with Crippen molar-refractivity contribution >= 4 is 27.3 Å². The van der Waals surface area contributed by atoms with Gasteiger partial charge in [-0.05, 0) is 29.3 Å². The SMILES string of the molecule is CS(=O)(=O)c1cc(F)ccc1N1CCN(C(=O)C(NC(=O)Cc2ccccc2)c2ccccc2)CC1. The molecule has 1 heterocycles. The van der Waals surface area contributed by atoms with Gasteiger partial charge >= 0.3 is 0 Å². The summed E-state index contributed by atoms with van der Waals surface area (Å²) in [7, 11) is -3.63. The third-order valence-corrected chi connectivity index (χ3v) is 7.27. The zero-order valence-electron chi connectivity index (χ0n) is 19.9. The van der Waals surface area contributed by atoms with Crippen molar-refractivity contribution in [1.29, 1.82) is 0 Å². The summed E-state index contributed by atoms with van der Waals surface area (Å²) in [5.41, 5.74) is 1.95. The van der Waals surface area contributed by atoms with Gasteiger partial charge in [-0.15, -0.1) is 0 Å². The summed E-state index contributed by atoms with van der Waals surface area (Å²) < 4.78 is 38.1. The number of carbonyl (C=O) groups is 2. The molecule has 1 atom stereocenters. The minimum atomic E-state index is -3.63. The molecule has 0 bridgehead atoms. The van der Waals surface area contributed by atoms with Gasteiger partial charge in [0.05, 0.1) is 17.0 Å². The van der Waals surface area contributed by atoms with Gasteiger partial charge < -0.3 is 15.1 Å². The van der Waals surface area contributed by atoms with Crippen molar-refractivity contribution in [2.75, 3.05) is 37.3 Å². The number of rotatable bonds is 7. The monoisotopic (exact) mass is 509 g/mol. The van der Waals surface area contributed by atoms with Crippen LogP contribution in [0.15, 0.2) is 83.8 Å². The summed E-state index contributed by atoms with van der Waals surface area (Å²) in [6.07, 6.45) is 1.21. The van der Waals surface area contributed by atoms with Gasteiger partial charge in [0.25, 0.3) is 0 Å². The molecule has 2 amide bonds. The molecule has 1 aliphatic rings. The van der Waals surface area contributed by atoms with Crippen LogP contribution in [0.5, 0.6) is 0 Å². The number of nitrogens with one attached hydrogen (secondary N) is 1. The maximum Gasteiger partial charge on any atom is 0.249 e. The van der Waals surface area contributed by atoms with Crippen LogP contribution < -0.4 is 10.2 Å². The number of hydrogen-bond acceptors (Lipinski definition) is 5. The molecule has 4 rings (SSSR count). The lowest BCUT2D eigenvalue weighted by molar-refractivity contribution is -0.136. The highest BCUT2D eigenvalue weighted by molar-refractivity contribution is 7.90. The van der Waals surface area contributed by atoms with Crippen LogP contribution in [0.4, 0.5) is 10.1 Å². The van der Waals surface area contributed by atoms with E-state index in [-0.39, 0.29) is 23.1 Å². The van der Waals surface area contributed by atoms with E-state index in [1.807, 2.05) is 53.4 Å². The second-order valence-corrected chi connectivity index (χ2v) is 10.8. The van der Waals surface area contributed by atoms with Gasteiger partial charge in [0.15, 0.2) is 9.84 Å². The number of benzene rings is 3. The normalized spacial score (nSPS) is 14.8. The lowest BCUT2D eigenvalue weighted by atomic mass is 10.0. The maximum atomic E-state index is 13.7. The smallest absolute Gasteiger partial charge is 0.249 e. The minimum Gasteiger partial charge on any atom is -0.367 e. The Labute approximate surface area is 210 Å². The van der Waals surface area contributed by atoms with Gasteiger partial charge in [0.1, 0.15) is 11.9 Å². The summed E-state index contributed by atoms with van der Waals surface area (Å²) in [5.74, 6) is -1.11. The van der Waals surface area contributed by atoms with E-state index in [1.165, 1.54) is 12.1 Å². The second kappa shape index (κ2) is 10.9. The van der Waals surface area contributed by atoms with Crippen molar-refractivity contribution in [2.24, 2.45) is 0 Å². The number of sulfone groups is 1. The van der Waals surface area contributed by atoms with Gasteiger partial charge in [-0.1, -0.05) is 60.7 Å². The Bertz CT molecular complexity index is 1330. The number of carbonyl (C=O) groups excluding carboxylic acids is 2. The number of piperazine rings is 1. The third kappa shape index (κ3) is 6.09. The first kappa shape index (κ1) is 25.4. The van der Waals surface area contributed by atoms with E-state index in [2.05, 4.69) is 5.32 Å². The van der Waals surface area contributed by atoms with Crippen molar-refractivity contribution in [3.8, 4) is 0 Å². The molecule has 0 aromatic heterocycles. The van der Waals surface area contributed by atoms with E-state index in [1.54, 1.807) is 17.0 Å². The standard InChI is InChI=1S/C27H28FN3O4S/c1-36(34,35)24-19-22(28)12-13-23(24)30-14-16-31(17-15-30)27(33)26(21-10-6-3-7-11-21)29-25(32)18-20-8-4-2-5-9-20/h2-13,19,26H,14-18H2,1H3,(H,29,32). The van der Waals surface area contributed by atoms with E-state index < -0.39 is 21.7 Å². The van der Waals surface area contributed by atoms with Crippen LogP contribution >= 0.6 is 0 Å². The Morgan fingerprint density at radius 2 is 1.53 bits per heavy atom. The fourth-order valence-electron chi connectivity index (χ4n) is 4.32. The van der Waals surface area contributed by atoms with Crippen LogP contribution in [0.25, 0.3) is 0 Å². The van der Waals surface area contributed by atoms with Crippen molar-refractivity contribution in [2.45, 2.75) is 17.4 Å². The topological polar surface area (TPSA) is 86.8 Å². The predicted molar refractivity (Wildman–Crippen MR) is 136 cm³/mol. The fraction of sp³-hybridized carbons (Fsp3) is 0.259. The molecule has 1 N–H and O–H groups in total. The first-order valence-electron chi connectivity index (χ1n) is 11.6. The number of halogens is 1. The molecule has 7 nitrogen and oxygen atoms in total. The minimum absolute atomic E-state index is 0.0717. The van der Waals surface area contributed by atoms with E-state index in [9.17, 15) is 22.4 Å². The van der Waals surface area contributed by atoms with Crippen molar-refractivity contribution < 1.29 is 22.4 Å². The van der Waals surface area contributed by atoms with Crippen LogP contribution in [0.3, 0.4) is 0 Å². The molecular formula is C27H28FN3O4S. The lowest BCUT2D eigenvalue weighted by Crippen LogP contribution is -2.52. The molecular weight excluding hydrogens is 481 g/mol. The van der Waals surface area contributed by atoms with E-state index in [4.69, 9.17) is 0 Å². The van der Waals surface area contributed by atoms with Gasteiger partial charge in [0, 0.05) is 32.4 Å². The van der Waals surface area contributed by atoms with Gasteiger partial charge in [-0.3, -0.25) is 9.59 Å². The molecule has 0 saturated carbocycles. The first-order chi connectivity index (χ1) is 17.2. The van der Waals surface area contributed by atoms with Crippen molar-refractivity contribution in [1.82, 2.24) is 10.2 Å². The van der Waals surface area contributed by atoms with Crippen LogP contribution in [-0.2, 0) is 25.8 Å². The Morgan fingerprint density at radius 1 is 0.917 bits per heavy atom. The number of nitrogens with zero attached hydrogens (tertiary/aromatic N) is 2. The number of hydrogen-bond donors (Lipinski definition) is 1. The second-order valence-electron chi connectivity index (χ2n) is 8.77. The van der Waals surface area contributed by atoms with Crippen LogP contribution in [0, 0.1) is 5.82 Å². The van der Waals surface area contributed by atoms with Gasteiger partial charge in [-0.2, -0.15) is 0 Å². The highest BCUT2D eigenvalue weighted by Crippen LogP contribution is 2.28. The molecule has 1 unspecified atom stereocenters. The summed E-state index contributed by atoms with van der Waals surface area (Å²) in [4.78, 5) is 29.8. The highest BCUT2D eigenvalue weighted by atomic mass is 32.2. The lowest BCUT2D eigenvalue weighted by Gasteiger charge is -2.38. The Kier molecular flexibility index (Phi) is 7.69. The largest absolute Gasteiger partial charge is 0.367 e. The van der Waals surface area contributed by atoms with Crippen molar-refractivity contribution in [3.63, 3.8) is 0 Å². The molecule has 1 fully saturated rings. The molecule has 36 heavy (non-hydrogen) atoms. The fourth-order valence-corrected chi connectivity index (χ4v) is 5.23. The average molecular weight is 510 g/mol.